The van der Waals surface area contributed by atoms with Gasteiger partial charge in [-0.3, -0.25) is 4.90 Å². The van der Waals surface area contributed by atoms with Crippen LogP contribution in [0.2, 0.25) is 0 Å². The van der Waals surface area contributed by atoms with E-state index < -0.39 is 0 Å². The van der Waals surface area contributed by atoms with E-state index in [0.717, 1.165) is 62.1 Å². The Morgan fingerprint density at radius 3 is 2.61 bits per heavy atom. The van der Waals surface area contributed by atoms with Gasteiger partial charge in [0.25, 0.3) is 0 Å². The van der Waals surface area contributed by atoms with Crippen molar-refractivity contribution in [1.82, 2.24) is 20.5 Å². The molecule has 1 aliphatic heterocycles. The van der Waals surface area contributed by atoms with E-state index in [4.69, 9.17) is 14.7 Å². The largest absolute Gasteiger partial charge is 0.379 e. The summed E-state index contributed by atoms with van der Waals surface area (Å²) in [5.41, 5.74) is 2.18. The first kappa shape index (κ1) is 23.3. The van der Waals surface area contributed by atoms with Gasteiger partial charge >= 0.3 is 0 Å². The molecule has 1 aliphatic rings. The van der Waals surface area contributed by atoms with Gasteiger partial charge in [0.15, 0.2) is 5.96 Å². The van der Waals surface area contributed by atoms with E-state index in [1.165, 1.54) is 5.56 Å². The highest BCUT2D eigenvalue weighted by atomic mass is 16.5. The summed E-state index contributed by atoms with van der Waals surface area (Å²) in [5, 5.41) is 8.14. The number of anilines is 1. The summed E-state index contributed by atoms with van der Waals surface area (Å²) in [7, 11) is 4.04. The number of hydrogen-bond acceptors (Lipinski definition) is 5. The molecule has 3 rings (SSSR count). The fourth-order valence-corrected chi connectivity index (χ4v) is 3.99. The first-order valence-corrected chi connectivity index (χ1v) is 11.4. The molecule has 2 aromatic rings. The summed E-state index contributed by atoms with van der Waals surface area (Å²) in [6.45, 7) is 12.6. The molecule has 0 aliphatic carbocycles. The van der Waals surface area contributed by atoms with E-state index >= 15 is 0 Å². The number of aliphatic imine (C=N–C) groups is 1. The van der Waals surface area contributed by atoms with Crippen molar-refractivity contribution in [1.29, 1.82) is 0 Å². The molecule has 1 saturated heterocycles. The molecule has 7 heteroatoms. The average Bonchev–Trinajstić information content (AvgIpc) is 2.77. The highest BCUT2D eigenvalue weighted by molar-refractivity contribution is 5.85. The molecule has 0 amide bonds. The van der Waals surface area contributed by atoms with Gasteiger partial charge in [0, 0.05) is 51.7 Å². The van der Waals surface area contributed by atoms with Gasteiger partial charge in [-0.25, -0.2) is 9.98 Å². The van der Waals surface area contributed by atoms with E-state index in [-0.39, 0.29) is 0 Å². The zero-order valence-electron chi connectivity index (χ0n) is 19.7. The van der Waals surface area contributed by atoms with Crippen molar-refractivity contribution in [3.05, 3.63) is 35.9 Å². The number of fused-ring (bicyclic) bond motifs is 1. The monoisotopic (exact) mass is 426 g/mol. The fraction of sp³-hybridized carbons (Fsp3) is 0.583. The molecule has 1 atom stereocenters. The number of nitrogens with one attached hydrogen (secondary N) is 2. The highest BCUT2D eigenvalue weighted by Gasteiger charge is 2.23. The maximum atomic E-state index is 5.54. The van der Waals surface area contributed by atoms with Crippen molar-refractivity contribution in [3.8, 4) is 0 Å². The molecule has 2 heterocycles. The van der Waals surface area contributed by atoms with E-state index in [2.05, 4.69) is 60.6 Å². The van der Waals surface area contributed by atoms with Crippen molar-refractivity contribution in [2.75, 3.05) is 58.4 Å². The number of morpholine rings is 1. The lowest BCUT2D eigenvalue weighted by molar-refractivity contribution is 0.00752. The second-order valence-corrected chi connectivity index (χ2v) is 8.59. The lowest BCUT2D eigenvalue weighted by Crippen LogP contribution is -2.52. The minimum absolute atomic E-state index is 0.454. The van der Waals surface area contributed by atoms with Crippen LogP contribution < -0.4 is 15.5 Å². The van der Waals surface area contributed by atoms with Crippen LogP contribution in [0.4, 0.5) is 5.82 Å². The highest BCUT2D eigenvalue weighted by Crippen LogP contribution is 2.22. The van der Waals surface area contributed by atoms with Gasteiger partial charge in [0.1, 0.15) is 5.82 Å². The topological polar surface area (TPSA) is 65.0 Å². The van der Waals surface area contributed by atoms with Crippen molar-refractivity contribution in [3.63, 3.8) is 0 Å². The Kier molecular flexibility index (Phi) is 8.49. The van der Waals surface area contributed by atoms with Crippen LogP contribution in [0.3, 0.4) is 0 Å². The molecule has 1 aromatic carbocycles. The zero-order valence-corrected chi connectivity index (χ0v) is 19.7. The van der Waals surface area contributed by atoms with Gasteiger partial charge in [-0.15, -0.1) is 0 Å². The van der Waals surface area contributed by atoms with Gasteiger partial charge in [-0.2, -0.15) is 0 Å². The van der Waals surface area contributed by atoms with Crippen LogP contribution >= 0.6 is 0 Å². The van der Waals surface area contributed by atoms with E-state index in [0.29, 0.717) is 18.5 Å². The van der Waals surface area contributed by atoms with Crippen molar-refractivity contribution in [2.24, 2.45) is 10.9 Å². The van der Waals surface area contributed by atoms with E-state index in [9.17, 15) is 0 Å². The molecule has 31 heavy (non-hydrogen) atoms. The number of nitrogens with zero attached hydrogens (tertiary/aromatic N) is 4. The lowest BCUT2D eigenvalue weighted by atomic mass is 10.0. The van der Waals surface area contributed by atoms with E-state index in [1.54, 1.807) is 0 Å². The van der Waals surface area contributed by atoms with Gasteiger partial charge in [-0.1, -0.05) is 32.0 Å². The Labute approximate surface area is 186 Å². The quantitative estimate of drug-likeness (QED) is 0.500. The van der Waals surface area contributed by atoms with Crippen molar-refractivity contribution >= 4 is 22.7 Å². The first-order valence-electron chi connectivity index (χ1n) is 11.4. The maximum absolute atomic E-state index is 5.54. The number of ether oxygens (including phenoxy) is 1. The smallest absolute Gasteiger partial charge is 0.191 e. The zero-order chi connectivity index (χ0) is 22.2. The van der Waals surface area contributed by atoms with Crippen LogP contribution in [0.25, 0.3) is 10.9 Å². The Morgan fingerprint density at radius 2 is 1.94 bits per heavy atom. The standard InChI is InChI=1S/C24H38N6O/c1-6-25-24(27-17-22(18(2)3)30-11-13-31-14-12-30)26-16-19-15-23(29(4)5)28-21-10-8-7-9-20(19)21/h7-10,15,18,22H,6,11-14,16-17H2,1-5H3,(H2,25,26,27). The SMILES string of the molecule is CCNC(=NCc1cc(N(C)C)nc2ccccc12)NCC(C(C)C)N1CCOCC1. The number of hydrogen-bond donors (Lipinski definition) is 2. The molecule has 1 unspecified atom stereocenters. The fourth-order valence-electron chi connectivity index (χ4n) is 3.99. The molecule has 0 radical (unpaired) electrons. The van der Waals surface area contributed by atoms with Crippen molar-refractivity contribution in [2.45, 2.75) is 33.4 Å². The number of aromatic nitrogens is 1. The third-order valence-corrected chi connectivity index (χ3v) is 5.76. The summed E-state index contributed by atoms with van der Waals surface area (Å²) >= 11 is 0. The number of guanidine groups is 1. The van der Waals surface area contributed by atoms with Gasteiger partial charge in [0.2, 0.25) is 0 Å². The molecule has 0 spiro atoms. The lowest BCUT2D eigenvalue weighted by Gasteiger charge is -2.37. The van der Waals surface area contributed by atoms with Crippen LogP contribution in [0.1, 0.15) is 26.3 Å². The summed E-state index contributed by atoms with van der Waals surface area (Å²) in [4.78, 5) is 14.2. The Balaban J connectivity index is 1.76. The molecule has 1 aromatic heterocycles. The van der Waals surface area contributed by atoms with Crippen LogP contribution in [0.5, 0.6) is 0 Å². The summed E-state index contributed by atoms with van der Waals surface area (Å²) in [6, 6.07) is 10.9. The normalized spacial score (nSPS) is 16.5. The van der Waals surface area contributed by atoms with Crippen LogP contribution in [0, 0.1) is 5.92 Å². The number of para-hydroxylation sites is 1. The van der Waals surface area contributed by atoms with Gasteiger partial charge in [-0.05, 0) is 30.5 Å². The molecule has 0 saturated carbocycles. The van der Waals surface area contributed by atoms with Crippen LogP contribution in [0.15, 0.2) is 35.3 Å². The molecule has 2 N–H and O–H groups in total. The van der Waals surface area contributed by atoms with Crippen LogP contribution in [-0.4, -0.2) is 75.4 Å². The molecular weight excluding hydrogens is 388 g/mol. The van der Waals surface area contributed by atoms with Gasteiger partial charge in [0.05, 0.1) is 25.3 Å². The molecule has 170 valence electrons. The number of benzene rings is 1. The number of pyridine rings is 1. The molecular formula is C24H38N6O. The minimum atomic E-state index is 0.454. The third-order valence-electron chi connectivity index (χ3n) is 5.76. The summed E-state index contributed by atoms with van der Waals surface area (Å²) in [5.74, 6) is 2.36. The second kappa shape index (κ2) is 11.3. The number of rotatable bonds is 8. The third kappa shape index (κ3) is 6.31. The second-order valence-electron chi connectivity index (χ2n) is 8.59. The minimum Gasteiger partial charge on any atom is -0.379 e. The van der Waals surface area contributed by atoms with Crippen LogP contribution in [-0.2, 0) is 11.3 Å². The summed E-state index contributed by atoms with van der Waals surface area (Å²) in [6.07, 6.45) is 0. The Bertz CT molecular complexity index is 860. The van der Waals surface area contributed by atoms with Gasteiger partial charge < -0.3 is 20.3 Å². The Morgan fingerprint density at radius 1 is 1.19 bits per heavy atom. The average molecular weight is 427 g/mol. The molecule has 1 fully saturated rings. The Hall–Kier alpha value is -2.38. The maximum Gasteiger partial charge on any atom is 0.191 e. The van der Waals surface area contributed by atoms with Crippen molar-refractivity contribution < 1.29 is 4.74 Å². The van der Waals surface area contributed by atoms with E-state index in [1.807, 2.05) is 25.1 Å². The summed E-state index contributed by atoms with van der Waals surface area (Å²) < 4.78 is 5.54. The predicted octanol–water partition coefficient (Wildman–Crippen LogP) is 2.71. The molecule has 0 bridgehead atoms. The first-order chi connectivity index (χ1) is 15.0. The molecule has 7 nitrogen and oxygen atoms in total. The predicted molar refractivity (Wildman–Crippen MR) is 130 cm³/mol.